The summed E-state index contributed by atoms with van der Waals surface area (Å²) < 4.78 is 0. The van der Waals surface area contributed by atoms with Gasteiger partial charge in [-0.25, -0.2) is 0 Å². The maximum absolute atomic E-state index is 13.1. The Morgan fingerprint density at radius 3 is 0.853 bits per heavy atom. The Morgan fingerprint density at radius 2 is 0.676 bits per heavy atom. The van der Waals surface area contributed by atoms with E-state index in [2.05, 4.69) is 93.3 Å². The molecule has 0 radical (unpaired) electrons. The highest BCUT2D eigenvalue weighted by atomic mass is 16.1. The van der Waals surface area contributed by atoms with Crippen LogP contribution in [0.5, 0.6) is 0 Å². The number of nitrogens with zero attached hydrogens (tertiary/aromatic N) is 2. The topological polar surface area (TPSA) is 58.9 Å². The first kappa shape index (κ1) is 27.6. The van der Waals surface area contributed by atoms with Crippen LogP contribution in [-0.2, 0) is 9.59 Å². The number of ketones is 2. The van der Waals surface area contributed by atoms with Crippen molar-refractivity contribution in [1.29, 1.82) is 0 Å². The molecule has 0 atom stereocenters. The maximum atomic E-state index is 13.1. The average Bonchev–Trinajstić information content (AvgIpc) is 2.63. The second-order valence-electron chi connectivity index (χ2n) is 13.4. The summed E-state index contributed by atoms with van der Waals surface area (Å²) in [6.45, 7) is 24.6. The fourth-order valence-electron chi connectivity index (χ4n) is 3.88. The van der Waals surface area contributed by atoms with Gasteiger partial charge in [0.2, 0.25) is 0 Å². The van der Waals surface area contributed by atoms with Crippen molar-refractivity contribution >= 4 is 11.6 Å². The molecule has 0 N–H and O–H groups in total. The average molecular weight is 463 g/mol. The third-order valence-electron chi connectivity index (χ3n) is 5.93. The molecule has 0 bridgehead atoms. The van der Waals surface area contributed by atoms with Gasteiger partial charge in [-0.2, -0.15) is 10.2 Å². The molecule has 2 rings (SSSR count). The van der Waals surface area contributed by atoms with E-state index in [0.29, 0.717) is 0 Å². The molecule has 2 aliphatic carbocycles. The molecule has 4 nitrogen and oxygen atoms in total. The summed E-state index contributed by atoms with van der Waals surface area (Å²) in [6, 6.07) is 0. The number of rotatable bonds is 2. The Morgan fingerprint density at radius 1 is 0.471 bits per heavy atom. The summed E-state index contributed by atoms with van der Waals surface area (Å²) in [5.74, 6) is 0.200. The van der Waals surface area contributed by atoms with Crippen LogP contribution < -0.4 is 0 Å². The molecule has 0 saturated carbocycles. The van der Waals surface area contributed by atoms with Gasteiger partial charge in [-0.15, -0.1) is 0 Å². The molecule has 34 heavy (non-hydrogen) atoms. The molecule has 0 spiro atoms. The molecular weight excluding hydrogens is 420 g/mol. The molecule has 0 amide bonds. The highest BCUT2D eigenvalue weighted by Crippen LogP contribution is 2.40. The first-order valence-corrected chi connectivity index (χ1v) is 12.0. The van der Waals surface area contributed by atoms with Crippen LogP contribution >= 0.6 is 0 Å². The first-order valence-electron chi connectivity index (χ1n) is 12.0. The Balaban J connectivity index is 2.49. The Bertz CT molecular complexity index is 928. The minimum absolute atomic E-state index is 0.0998. The van der Waals surface area contributed by atoms with Crippen LogP contribution in [0, 0.1) is 21.7 Å². The molecular formula is C30H42N2O2. The predicted octanol–water partition coefficient (Wildman–Crippen LogP) is 8.26. The third-order valence-corrected chi connectivity index (χ3v) is 5.93. The molecule has 0 unspecified atom stereocenters. The van der Waals surface area contributed by atoms with E-state index in [4.69, 9.17) is 0 Å². The van der Waals surface area contributed by atoms with Crippen LogP contribution in [0.1, 0.15) is 83.1 Å². The molecule has 2 aliphatic rings. The number of azo groups is 1. The van der Waals surface area contributed by atoms with Crippen molar-refractivity contribution in [2.75, 3.05) is 0 Å². The quantitative estimate of drug-likeness (QED) is 0.388. The smallest absolute Gasteiger partial charge is 0.186 e. The van der Waals surface area contributed by atoms with E-state index in [-0.39, 0.29) is 33.2 Å². The molecule has 0 saturated heterocycles. The summed E-state index contributed by atoms with van der Waals surface area (Å²) in [6.07, 6.45) is 11.0. The van der Waals surface area contributed by atoms with Crippen molar-refractivity contribution in [1.82, 2.24) is 0 Å². The van der Waals surface area contributed by atoms with Gasteiger partial charge in [-0.05, 0) is 57.1 Å². The monoisotopic (exact) mass is 462 g/mol. The lowest BCUT2D eigenvalue weighted by molar-refractivity contribution is -0.114. The summed E-state index contributed by atoms with van der Waals surface area (Å²) in [5.41, 5.74) is 3.76. The van der Waals surface area contributed by atoms with Crippen LogP contribution in [0.3, 0.4) is 0 Å². The van der Waals surface area contributed by atoms with E-state index in [1.807, 2.05) is 24.3 Å². The van der Waals surface area contributed by atoms with E-state index in [1.54, 1.807) is 12.4 Å². The summed E-state index contributed by atoms with van der Waals surface area (Å²) >= 11 is 0. The highest BCUT2D eigenvalue weighted by molar-refractivity contribution is 6.12. The van der Waals surface area contributed by atoms with E-state index >= 15 is 0 Å². The molecule has 4 heteroatoms. The van der Waals surface area contributed by atoms with Gasteiger partial charge in [-0.1, -0.05) is 83.1 Å². The minimum Gasteiger partial charge on any atom is -0.289 e. The number of hydrogen-bond acceptors (Lipinski definition) is 4. The number of allylic oxidation sites excluding steroid dienone is 10. The first-order chi connectivity index (χ1) is 15.2. The molecule has 0 aromatic rings. The third kappa shape index (κ3) is 6.49. The van der Waals surface area contributed by atoms with Crippen LogP contribution in [0.25, 0.3) is 0 Å². The standard InChI is InChI=1S/C30H42N2O2/c1-27(2,3)21-13-19(14-22(25(21)33)28(4,5)6)17-31-32-18-20-15-23(29(7,8)9)26(34)24(16-20)30(10,11)12/h13-18H,1-12H3. The van der Waals surface area contributed by atoms with E-state index in [1.165, 1.54) is 0 Å². The fourth-order valence-corrected chi connectivity index (χ4v) is 3.88. The number of carbonyl (C=O) groups excluding carboxylic acids is 2. The van der Waals surface area contributed by atoms with E-state index < -0.39 is 0 Å². The molecule has 0 aromatic heterocycles. The zero-order valence-corrected chi connectivity index (χ0v) is 23.2. The van der Waals surface area contributed by atoms with Gasteiger partial charge in [0.1, 0.15) is 0 Å². The van der Waals surface area contributed by atoms with Gasteiger partial charge in [0, 0.05) is 22.3 Å². The van der Waals surface area contributed by atoms with Gasteiger partial charge in [0.05, 0.1) is 12.4 Å². The van der Waals surface area contributed by atoms with Crippen molar-refractivity contribution in [3.05, 3.63) is 70.1 Å². The van der Waals surface area contributed by atoms with Crippen molar-refractivity contribution in [3.63, 3.8) is 0 Å². The SMILES string of the molecule is CC(C)(C)C1=CC(=CN=NC=C2C=C(C(C)(C)C)C(=O)C(C(C)(C)C)=C2)C=C(C(C)(C)C)C1=O. The lowest BCUT2D eigenvalue weighted by Crippen LogP contribution is -2.27. The van der Waals surface area contributed by atoms with Gasteiger partial charge in [0.25, 0.3) is 0 Å². The Kier molecular flexibility index (Phi) is 7.48. The van der Waals surface area contributed by atoms with Crippen LogP contribution in [0.4, 0.5) is 0 Å². The summed E-state index contributed by atoms with van der Waals surface area (Å²) in [5, 5.41) is 8.57. The molecule has 0 aromatic carbocycles. The molecule has 0 fully saturated rings. The van der Waals surface area contributed by atoms with Crippen molar-refractivity contribution in [2.24, 2.45) is 31.9 Å². The van der Waals surface area contributed by atoms with Crippen molar-refractivity contribution in [3.8, 4) is 0 Å². The maximum Gasteiger partial charge on any atom is 0.186 e. The second kappa shape index (κ2) is 9.20. The van der Waals surface area contributed by atoms with Crippen LogP contribution in [-0.4, -0.2) is 11.6 Å². The van der Waals surface area contributed by atoms with Gasteiger partial charge in [0.15, 0.2) is 11.6 Å². The second-order valence-corrected chi connectivity index (χ2v) is 13.4. The molecule has 0 aliphatic heterocycles. The number of carbonyl (C=O) groups is 2. The largest absolute Gasteiger partial charge is 0.289 e. The van der Waals surface area contributed by atoms with Gasteiger partial charge < -0.3 is 0 Å². The lowest BCUT2D eigenvalue weighted by Gasteiger charge is -2.31. The number of Topliss-reactive ketones (excluding diaryl/α,β-unsaturated/α-hetero) is 2. The number of hydrogen-bond donors (Lipinski definition) is 0. The van der Waals surface area contributed by atoms with E-state index in [0.717, 1.165) is 33.4 Å². The van der Waals surface area contributed by atoms with Gasteiger partial charge in [-0.3, -0.25) is 9.59 Å². The molecule has 184 valence electrons. The predicted molar refractivity (Wildman–Crippen MR) is 141 cm³/mol. The van der Waals surface area contributed by atoms with Gasteiger partial charge >= 0.3 is 0 Å². The van der Waals surface area contributed by atoms with E-state index in [9.17, 15) is 9.59 Å². The summed E-state index contributed by atoms with van der Waals surface area (Å²) in [4.78, 5) is 26.2. The lowest BCUT2D eigenvalue weighted by atomic mass is 9.72. The highest BCUT2D eigenvalue weighted by Gasteiger charge is 2.35. The zero-order valence-electron chi connectivity index (χ0n) is 23.2. The Labute approximate surface area is 206 Å². The van der Waals surface area contributed by atoms with Crippen LogP contribution in [0.15, 0.2) is 80.4 Å². The van der Waals surface area contributed by atoms with Crippen LogP contribution in [0.2, 0.25) is 0 Å². The normalized spacial score (nSPS) is 18.6. The Hall–Kier alpha value is -2.62. The summed E-state index contributed by atoms with van der Waals surface area (Å²) in [7, 11) is 0. The minimum atomic E-state index is -0.267. The fraction of sp³-hybridized carbons (Fsp3) is 0.533. The molecule has 0 heterocycles. The van der Waals surface area contributed by atoms with Crippen molar-refractivity contribution < 1.29 is 9.59 Å². The van der Waals surface area contributed by atoms with Crippen molar-refractivity contribution in [2.45, 2.75) is 83.1 Å². The zero-order chi connectivity index (χ0) is 26.3.